The maximum Gasteiger partial charge on any atom is 0.263 e. The number of methoxy groups -OCH3 is 2. The Kier molecular flexibility index (Phi) is 6.13. The second kappa shape index (κ2) is 9.15. The van der Waals surface area contributed by atoms with Crippen LogP contribution in [0.1, 0.15) is 0 Å². The van der Waals surface area contributed by atoms with Gasteiger partial charge < -0.3 is 14.8 Å². The average molecular weight is 452 g/mol. The van der Waals surface area contributed by atoms with E-state index in [-0.39, 0.29) is 17.2 Å². The molecule has 0 bridgehead atoms. The van der Waals surface area contributed by atoms with Crippen LogP contribution in [-0.2, 0) is 11.3 Å². The average Bonchev–Trinajstić information content (AvgIpc) is 3.24. The lowest BCUT2D eigenvalue weighted by Gasteiger charge is -2.12. The van der Waals surface area contributed by atoms with Gasteiger partial charge in [0.25, 0.3) is 5.56 Å². The Labute approximate surface area is 187 Å². The van der Waals surface area contributed by atoms with Gasteiger partial charge in [-0.3, -0.25) is 18.6 Å². The van der Waals surface area contributed by atoms with Gasteiger partial charge in [0.1, 0.15) is 11.5 Å². The fourth-order valence-corrected chi connectivity index (χ4v) is 4.09. The van der Waals surface area contributed by atoms with Crippen molar-refractivity contribution in [3.05, 3.63) is 65.5 Å². The number of hydrogen-bond acceptors (Lipinski definition) is 7. The maximum absolute atomic E-state index is 12.9. The number of para-hydroxylation sites is 1. The Bertz CT molecular complexity index is 1380. The number of amides is 1. The molecule has 0 aliphatic rings. The van der Waals surface area contributed by atoms with Crippen LogP contribution in [0.4, 0.5) is 5.69 Å². The number of ether oxygens (including phenoxy) is 2. The van der Waals surface area contributed by atoms with Crippen LogP contribution in [0, 0.1) is 0 Å². The number of aromatic nitrogens is 4. The zero-order valence-electron chi connectivity index (χ0n) is 17.6. The van der Waals surface area contributed by atoms with E-state index >= 15 is 0 Å². The Morgan fingerprint density at radius 1 is 1.19 bits per heavy atom. The third kappa shape index (κ3) is 3.92. The molecule has 4 rings (SSSR count). The van der Waals surface area contributed by atoms with Crippen LogP contribution in [-0.4, -0.2) is 45.0 Å². The number of nitrogens with one attached hydrogen (secondary N) is 1. The van der Waals surface area contributed by atoms with Gasteiger partial charge in [0.2, 0.25) is 11.7 Å². The first kappa shape index (κ1) is 21.4. The number of hydrogen-bond donors (Lipinski definition) is 1. The van der Waals surface area contributed by atoms with Crippen molar-refractivity contribution in [2.45, 2.75) is 11.7 Å². The number of allylic oxidation sites excluding steroid dienone is 1. The molecule has 9 nitrogen and oxygen atoms in total. The predicted octanol–water partition coefficient (Wildman–Crippen LogP) is 2.98. The van der Waals surface area contributed by atoms with Gasteiger partial charge >= 0.3 is 0 Å². The van der Waals surface area contributed by atoms with E-state index in [1.807, 2.05) is 12.1 Å². The van der Waals surface area contributed by atoms with Crippen molar-refractivity contribution in [1.29, 1.82) is 0 Å². The summed E-state index contributed by atoms with van der Waals surface area (Å²) >= 11 is 1.22. The number of rotatable bonds is 8. The molecule has 0 fully saturated rings. The van der Waals surface area contributed by atoms with Gasteiger partial charge in [0.15, 0.2) is 5.16 Å². The Morgan fingerprint density at radius 2 is 2.00 bits per heavy atom. The number of anilines is 1. The maximum atomic E-state index is 12.9. The molecule has 1 amide bonds. The molecule has 0 radical (unpaired) electrons. The number of carbonyl (C=O) groups is 1. The molecule has 0 aliphatic heterocycles. The van der Waals surface area contributed by atoms with Crippen LogP contribution in [0.3, 0.4) is 0 Å². The summed E-state index contributed by atoms with van der Waals surface area (Å²) in [7, 11) is 3.08. The molecule has 2 heterocycles. The first-order valence-electron chi connectivity index (χ1n) is 9.69. The highest BCUT2D eigenvalue weighted by Crippen LogP contribution is 2.29. The number of fused-ring (bicyclic) bond motifs is 3. The summed E-state index contributed by atoms with van der Waals surface area (Å²) in [4.78, 5) is 25.5. The van der Waals surface area contributed by atoms with Crippen molar-refractivity contribution in [1.82, 2.24) is 19.2 Å². The van der Waals surface area contributed by atoms with Crippen molar-refractivity contribution in [3.63, 3.8) is 0 Å². The van der Waals surface area contributed by atoms with Crippen molar-refractivity contribution >= 4 is 40.0 Å². The lowest BCUT2D eigenvalue weighted by atomic mass is 10.2. The third-order valence-corrected chi connectivity index (χ3v) is 5.73. The van der Waals surface area contributed by atoms with E-state index < -0.39 is 0 Å². The molecule has 0 spiro atoms. The molecule has 2 aromatic carbocycles. The normalized spacial score (nSPS) is 10.9. The largest absolute Gasteiger partial charge is 0.497 e. The Balaban J connectivity index is 1.64. The lowest BCUT2D eigenvalue weighted by molar-refractivity contribution is -0.113. The number of benzene rings is 2. The van der Waals surface area contributed by atoms with Gasteiger partial charge in [-0.15, -0.1) is 16.8 Å². The van der Waals surface area contributed by atoms with E-state index in [1.54, 1.807) is 47.9 Å². The summed E-state index contributed by atoms with van der Waals surface area (Å²) in [6.45, 7) is 4.02. The van der Waals surface area contributed by atoms with Crippen LogP contribution >= 0.6 is 11.8 Å². The van der Waals surface area contributed by atoms with E-state index in [0.717, 1.165) is 0 Å². The van der Waals surface area contributed by atoms with Gasteiger partial charge in [-0.2, -0.15) is 0 Å². The summed E-state index contributed by atoms with van der Waals surface area (Å²) in [6.07, 6.45) is 1.63. The van der Waals surface area contributed by atoms with Crippen LogP contribution in [0.25, 0.3) is 16.7 Å². The fourth-order valence-electron chi connectivity index (χ4n) is 3.35. The van der Waals surface area contributed by atoms with E-state index in [9.17, 15) is 9.59 Å². The quantitative estimate of drug-likeness (QED) is 0.325. The Morgan fingerprint density at radius 3 is 2.75 bits per heavy atom. The second-order valence-corrected chi connectivity index (χ2v) is 7.69. The molecule has 0 unspecified atom stereocenters. The minimum absolute atomic E-state index is 0.0794. The van der Waals surface area contributed by atoms with Crippen LogP contribution in [0.2, 0.25) is 0 Å². The molecule has 0 aliphatic carbocycles. The van der Waals surface area contributed by atoms with Gasteiger partial charge in [0, 0.05) is 12.6 Å². The molecule has 1 N–H and O–H groups in total. The summed E-state index contributed by atoms with van der Waals surface area (Å²) < 4.78 is 13.8. The van der Waals surface area contributed by atoms with Crippen LogP contribution in [0.15, 0.2) is 65.1 Å². The summed E-state index contributed by atoms with van der Waals surface area (Å²) in [5.74, 6) is 1.35. The molecule has 10 heteroatoms. The molecular formula is C22H21N5O4S. The zero-order chi connectivity index (χ0) is 22.7. The number of carbonyl (C=O) groups excluding carboxylic acids is 1. The first-order chi connectivity index (χ1) is 15.6. The summed E-state index contributed by atoms with van der Waals surface area (Å²) in [5.41, 5.74) is 1.02. The Hall–Kier alpha value is -3.79. The van der Waals surface area contributed by atoms with Crippen LogP contribution < -0.4 is 20.3 Å². The summed E-state index contributed by atoms with van der Waals surface area (Å²) in [6, 6.07) is 12.4. The van der Waals surface area contributed by atoms with E-state index in [4.69, 9.17) is 9.47 Å². The molecule has 4 aromatic rings. The molecule has 0 saturated carbocycles. The highest BCUT2D eigenvalue weighted by atomic mass is 32.2. The molecule has 32 heavy (non-hydrogen) atoms. The fraction of sp³-hybridized carbons (Fsp3) is 0.182. The third-order valence-electron chi connectivity index (χ3n) is 4.80. The smallest absolute Gasteiger partial charge is 0.263 e. The summed E-state index contributed by atoms with van der Waals surface area (Å²) in [5, 5.41) is 12.3. The zero-order valence-corrected chi connectivity index (χ0v) is 18.4. The van der Waals surface area contributed by atoms with E-state index in [2.05, 4.69) is 22.1 Å². The standard InChI is InChI=1S/C22H21N5O4S/c1-4-11-26-20(29)15-7-5-6-8-17(15)27-21(26)24-25-22(27)32-13-19(28)23-16-12-14(30-2)9-10-18(16)31-3/h4-10,12H,1,11,13H2,2-3H3,(H,23,28). The number of thioether (sulfide) groups is 1. The molecule has 164 valence electrons. The lowest BCUT2D eigenvalue weighted by Crippen LogP contribution is -2.22. The molecule has 2 aromatic heterocycles. The van der Waals surface area contributed by atoms with E-state index in [1.165, 1.54) is 23.4 Å². The number of nitrogens with zero attached hydrogens (tertiary/aromatic N) is 4. The van der Waals surface area contributed by atoms with Crippen molar-refractivity contribution < 1.29 is 14.3 Å². The molecule has 0 atom stereocenters. The molecule has 0 saturated heterocycles. The highest BCUT2D eigenvalue weighted by molar-refractivity contribution is 7.99. The minimum Gasteiger partial charge on any atom is -0.497 e. The molecular weight excluding hydrogens is 430 g/mol. The predicted molar refractivity (Wildman–Crippen MR) is 124 cm³/mol. The highest BCUT2D eigenvalue weighted by Gasteiger charge is 2.17. The van der Waals surface area contributed by atoms with Gasteiger partial charge in [-0.25, -0.2) is 0 Å². The van der Waals surface area contributed by atoms with Crippen LogP contribution in [0.5, 0.6) is 11.5 Å². The van der Waals surface area contributed by atoms with Gasteiger partial charge in [-0.05, 0) is 24.3 Å². The van der Waals surface area contributed by atoms with E-state index in [0.29, 0.717) is 45.6 Å². The van der Waals surface area contributed by atoms with Gasteiger partial charge in [-0.1, -0.05) is 30.0 Å². The monoisotopic (exact) mass is 451 g/mol. The van der Waals surface area contributed by atoms with Gasteiger partial charge in [0.05, 0.1) is 36.6 Å². The minimum atomic E-state index is -0.248. The van der Waals surface area contributed by atoms with Crippen molar-refractivity contribution in [3.8, 4) is 11.5 Å². The first-order valence-corrected chi connectivity index (χ1v) is 10.7. The SMILES string of the molecule is C=CCn1c(=O)c2ccccc2n2c(SCC(=O)Nc3cc(OC)ccc3OC)nnc12. The van der Waals surface area contributed by atoms with Crippen molar-refractivity contribution in [2.24, 2.45) is 0 Å². The second-order valence-electron chi connectivity index (χ2n) is 6.74. The van der Waals surface area contributed by atoms with Crippen molar-refractivity contribution in [2.75, 3.05) is 25.3 Å². The topological polar surface area (TPSA) is 99.8 Å².